The van der Waals surface area contributed by atoms with Gasteiger partial charge in [-0.05, 0) is 104 Å². The fourth-order valence-electron chi connectivity index (χ4n) is 2.17. The quantitative estimate of drug-likeness (QED) is 0.285. The standard InChI is InChI=1S/C17H13BrI3NO5/c18-7-15(24)22-13(17(25)26)5-8-3-11(20)16(12(21)4-8)27-9-1-2-14(23)10(19)6-9/h1-4,6,13,23H,5,7H2,(H,22,24)(H,25,26)/t13-/m0/s1. The Bertz CT molecular complexity index is 855. The van der Waals surface area contributed by atoms with Crippen molar-refractivity contribution in [2.75, 3.05) is 5.33 Å². The zero-order valence-corrected chi connectivity index (χ0v) is 21.6. The molecule has 0 aromatic heterocycles. The number of hydrogen-bond donors (Lipinski definition) is 3. The smallest absolute Gasteiger partial charge is 0.326 e. The molecule has 1 atom stereocenters. The SMILES string of the molecule is O=C(CBr)N[C@@H](Cc1cc(I)c(Oc2ccc(O)c(I)c2)c(I)c1)C(=O)O. The minimum absolute atomic E-state index is 0.0457. The number of carbonyl (C=O) groups excluding carboxylic acids is 1. The highest BCUT2D eigenvalue weighted by atomic mass is 127. The highest BCUT2D eigenvalue weighted by molar-refractivity contribution is 14.1. The van der Waals surface area contributed by atoms with Gasteiger partial charge in [0.1, 0.15) is 17.5 Å². The second-order valence-corrected chi connectivity index (χ2v) is 9.45. The molecule has 10 heteroatoms. The van der Waals surface area contributed by atoms with Gasteiger partial charge in [-0.2, -0.15) is 0 Å². The van der Waals surface area contributed by atoms with Crippen LogP contribution in [0.2, 0.25) is 0 Å². The number of ether oxygens (including phenoxy) is 1. The summed E-state index contributed by atoms with van der Waals surface area (Å²) in [5.74, 6) is -0.0403. The van der Waals surface area contributed by atoms with E-state index < -0.39 is 12.0 Å². The van der Waals surface area contributed by atoms with Crippen molar-refractivity contribution in [2.24, 2.45) is 0 Å². The van der Waals surface area contributed by atoms with E-state index in [1.54, 1.807) is 18.2 Å². The van der Waals surface area contributed by atoms with E-state index in [2.05, 4.69) is 66.4 Å². The van der Waals surface area contributed by atoms with E-state index in [-0.39, 0.29) is 23.4 Å². The van der Waals surface area contributed by atoms with E-state index in [0.29, 0.717) is 15.1 Å². The van der Waals surface area contributed by atoms with Gasteiger partial charge in [0.25, 0.3) is 0 Å². The Kier molecular flexibility index (Phi) is 8.86. The molecule has 0 aliphatic carbocycles. The van der Waals surface area contributed by atoms with Crippen LogP contribution in [0.1, 0.15) is 5.56 Å². The predicted octanol–water partition coefficient (Wildman–Crippen LogP) is 4.51. The molecule has 0 unspecified atom stereocenters. The number of aromatic hydroxyl groups is 1. The first-order chi connectivity index (χ1) is 12.7. The number of carbonyl (C=O) groups is 2. The van der Waals surface area contributed by atoms with Gasteiger partial charge in [0, 0.05) is 6.42 Å². The molecule has 2 rings (SSSR count). The molecule has 0 saturated heterocycles. The van der Waals surface area contributed by atoms with Crippen LogP contribution in [0.3, 0.4) is 0 Å². The molecule has 3 N–H and O–H groups in total. The van der Waals surface area contributed by atoms with Crippen LogP contribution < -0.4 is 10.1 Å². The Morgan fingerprint density at radius 1 is 1.11 bits per heavy atom. The summed E-state index contributed by atoms with van der Waals surface area (Å²) in [6.45, 7) is 0. The second-order valence-electron chi connectivity index (χ2n) is 5.40. The van der Waals surface area contributed by atoms with Gasteiger partial charge in [0.15, 0.2) is 5.75 Å². The maximum Gasteiger partial charge on any atom is 0.326 e. The number of carboxylic acids is 1. The van der Waals surface area contributed by atoms with Crippen molar-refractivity contribution in [1.82, 2.24) is 5.32 Å². The van der Waals surface area contributed by atoms with Crippen molar-refractivity contribution in [2.45, 2.75) is 12.5 Å². The lowest BCUT2D eigenvalue weighted by molar-refractivity contribution is -0.141. The van der Waals surface area contributed by atoms with Crippen LogP contribution in [-0.4, -0.2) is 33.5 Å². The number of carboxylic acid groups (broad SMARTS) is 1. The van der Waals surface area contributed by atoms with Crippen molar-refractivity contribution in [1.29, 1.82) is 0 Å². The first-order valence-corrected chi connectivity index (χ1v) is 11.8. The summed E-state index contributed by atoms with van der Waals surface area (Å²) in [5, 5.41) is 21.5. The van der Waals surface area contributed by atoms with Crippen LogP contribution in [0.5, 0.6) is 17.2 Å². The van der Waals surface area contributed by atoms with Crippen molar-refractivity contribution in [3.05, 3.63) is 46.6 Å². The number of benzene rings is 2. The third-order valence-electron chi connectivity index (χ3n) is 3.39. The van der Waals surface area contributed by atoms with Gasteiger partial charge in [-0.25, -0.2) is 4.79 Å². The Morgan fingerprint density at radius 2 is 1.74 bits per heavy atom. The summed E-state index contributed by atoms with van der Waals surface area (Å²) in [4.78, 5) is 22.9. The fourth-order valence-corrected chi connectivity index (χ4v) is 4.93. The Labute approximate surface area is 205 Å². The molecule has 0 bridgehead atoms. The van der Waals surface area contributed by atoms with Crippen molar-refractivity contribution >= 4 is 95.6 Å². The molecule has 1 amide bonds. The van der Waals surface area contributed by atoms with Gasteiger partial charge >= 0.3 is 5.97 Å². The zero-order valence-electron chi connectivity index (χ0n) is 13.5. The van der Waals surface area contributed by atoms with E-state index in [1.807, 2.05) is 34.7 Å². The average Bonchev–Trinajstić information content (AvgIpc) is 2.60. The van der Waals surface area contributed by atoms with Crippen molar-refractivity contribution in [3.63, 3.8) is 0 Å². The van der Waals surface area contributed by atoms with Gasteiger partial charge in [-0.3, -0.25) is 4.79 Å². The van der Waals surface area contributed by atoms with Crippen LogP contribution >= 0.6 is 83.7 Å². The average molecular weight is 772 g/mol. The van der Waals surface area contributed by atoms with Gasteiger partial charge in [0.05, 0.1) is 16.0 Å². The molecule has 6 nitrogen and oxygen atoms in total. The number of amides is 1. The Balaban J connectivity index is 2.23. The van der Waals surface area contributed by atoms with E-state index in [1.165, 1.54) is 0 Å². The second kappa shape index (κ2) is 10.4. The highest BCUT2D eigenvalue weighted by Crippen LogP contribution is 2.35. The molecule has 27 heavy (non-hydrogen) atoms. The molecule has 0 aliphatic heterocycles. The molecule has 0 aliphatic rings. The first-order valence-electron chi connectivity index (χ1n) is 7.43. The third-order valence-corrected chi connectivity index (χ3v) is 6.37. The van der Waals surface area contributed by atoms with E-state index in [9.17, 15) is 19.8 Å². The van der Waals surface area contributed by atoms with E-state index >= 15 is 0 Å². The van der Waals surface area contributed by atoms with Crippen molar-refractivity contribution in [3.8, 4) is 17.2 Å². The van der Waals surface area contributed by atoms with E-state index in [4.69, 9.17) is 4.74 Å². The normalized spacial score (nSPS) is 11.7. The number of phenols is 1. The van der Waals surface area contributed by atoms with E-state index in [0.717, 1.165) is 12.7 Å². The van der Waals surface area contributed by atoms with Crippen LogP contribution in [0.15, 0.2) is 30.3 Å². The van der Waals surface area contributed by atoms with Gasteiger partial charge in [0.2, 0.25) is 5.91 Å². The zero-order chi connectivity index (χ0) is 20.1. The minimum Gasteiger partial charge on any atom is -0.507 e. The topological polar surface area (TPSA) is 95.9 Å². The fraction of sp³-hybridized carbons (Fsp3) is 0.176. The summed E-state index contributed by atoms with van der Waals surface area (Å²) < 4.78 is 8.25. The monoisotopic (exact) mass is 771 g/mol. The lowest BCUT2D eigenvalue weighted by atomic mass is 10.1. The van der Waals surface area contributed by atoms with Crippen LogP contribution in [0, 0.1) is 10.7 Å². The van der Waals surface area contributed by atoms with Crippen LogP contribution in [0.25, 0.3) is 0 Å². The molecule has 0 saturated carbocycles. The summed E-state index contributed by atoms with van der Waals surface area (Å²) >= 11 is 9.29. The van der Waals surface area contributed by atoms with Crippen LogP contribution in [-0.2, 0) is 16.0 Å². The maximum atomic E-state index is 11.5. The lowest BCUT2D eigenvalue weighted by Gasteiger charge is -2.16. The number of nitrogens with one attached hydrogen (secondary N) is 1. The third kappa shape index (κ3) is 6.59. The minimum atomic E-state index is -1.09. The molecule has 0 fully saturated rings. The first kappa shape index (κ1) is 22.9. The number of phenolic OH excluding ortho intramolecular Hbond substituents is 1. The summed E-state index contributed by atoms with van der Waals surface area (Å²) in [6, 6.07) is 7.63. The number of hydrogen-bond acceptors (Lipinski definition) is 4. The molecular weight excluding hydrogens is 759 g/mol. The van der Waals surface area contributed by atoms with Crippen molar-refractivity contribution < 1.29 is 24.5 Å². The maximum absolute atomic E-state index is 11.5. The predicted molar refractivity (Wildman–Crippen MR) is 130 cm³/mol. The van der Waals surface area contributed by atoms with Gasteiger partial charge < -0.3 is 20.3 Å². The Morgan fingerprint density at radius 3 is 2.26 bits per heavy atom. The molecule has 144 valence electrons. The number of aliphatic carboxylic acids is 1. The van der Waals surface area contributed by atoms with Crippen LogP contribution in [0.4, 0.5) is 0 Å². The molecule has 2 aromatic rings. The molecular formula is C17H13BrI3NO5. The molecule has 2 aromatic carbocycles. The lowest BCUT2D eigenvalue weighted by Crippen LogP contribution is -2.42. The Hall–Kier alpha value is -0.350. The number of halogens is 4. The number of rotatable bonds is 7. The van der Waals surface area contributed by atoms with Gasteiger partial charge in [-0.1, -0.05) is 15.9 Å². The largest absolute Gasteiger partial charge is 0.507 e. The summed E-state index contributed by atoms with van der Waals surface area (Å²) in [5.41, 5.74) is 0.777. The molecule has 0 heterocycles. The summed E-state index contributed by atoms with van der Waals surface area (Å²) in [7, 11) is 0. The highest BCUT2D eigenvalue weighted by Gasteiger charge is 2.21. The summed E-state index contributed by atoms with van der Waals surface area (Å²) in [6.07, 6.45) is 0.164. The number of alkyl halides is 1. The molecule has 0 radical (unpaired) electrons. The molecule has 0 spiro atoms. The van der Waals surface area contributed by atoms with Gasteiger partial charge in [-0.15, -0.1) is 0 Å².